The van der Waals surface area contributed by atoms with Crippen LogP contribution in [0.2, 0.25) is 0 Å². The first-order chi connectivity index (χ1) is 20.5. The number of aromatic amines is 2. The van der Waals surface area contributed by atoms with Crippen molar-refractivity contribution in [1.29, 1.82) is 0 Å². The lowest BCUT2D eigenvalue weighted by molar-refractivity contribution is -0.138. The molecule has 0 aliphatic carbocycles. The summed E-state index contributed by atoms with van der Waals surface area (Å²) in [6, 6.07) is 17.8. The average Bonchev–Trinajstić information content (AvgIpc) is 3.58. The van der Waals surface area contributed by atoms with Gasteiger partial charge >= 0.3 is 0 Å². The van der Waals surface area contributed by atoms with Crippen LogP contribution in [0.4, 0.5) is 4.39 Å². The smallest absolute Gasteiger partial charge is 0.277 e. The zero-order chi connectivity index (χ0) is 28.9. The van der Waals surface area contributed by atoms with E-state index in [9.17, 15) is 14.0 Å². The van der Waals surface area contributed by atoms with Crippen molar-refractivity contribution in [2.45, 2.75) is 38.7 Å². The minimum Gasteiger partial charge on any atom is -0.367 e. The van der Waals surface area contributed by atoms with Crippen LogP contribution in [0.1, 0.15) is 35.2 Å². The number of amides is 1. The highest BCUT2D eigenvalue weighted by Crippen LogP contribution is 2.23. The molecule has 1 saturated heterocycles. The lowest BCUT2D eigenvalue weighted by Crippen LogP contribution is -2.40. The number of piperidine rings is 1. The molecule has 5 aromatic rings. The molecule has 4 heterocycles. The van der Waals surface area contributed by atoms with Crippen molar-refractivity contribution in [3.05, 3.63) is 112 Å². The van der Waals surface area contributed by atoms with Gasteiger partial charge in [0.05, 0.1) is 17.6 Å². The molecule has 216 valence electrons. The molecule has 1 amide bonds. The molecule has 1 aliphatic heterocycles. The van der Waals surface area contributed by atoms with Crippen LogP contribution >= 0.6 is 0 Å². The number of likely N-dealkylation sites (tertiary alicyclic amines) is 1. The number of halogens is 1. The lowest BCUT2D eigenvalue weighted by atomic mass is 9.90. The van der Waals surface area contributed by atoms with Gasteiger partial charge in [-0.25, -0.2) is 9.37 Å². The zero-order valence-corrected chi connectivity index (χ0v) is 23.3. The predicted octanol–water partition coefficient (Wildman–Crippen LogP) is 4.36. The van der Waals surface area contributed by atoms with Crippen LogP contribution in [0.5, 0.6) is 0 Å². The highest BCUT2D eigenvalue weighted by Gasteiger charge is 2.26. The van der Waals surface area contributed by atoms with E-state index >= 15 is 0 Å². The molecule has 1 aliphatic rings. The standard InChI is InChI=1S/C32H33FN6O3/c33-25-10-7-22(8-11-25)9-12-26-29(37-39(31(26)41)32-35-27-5-1-2-6-28(27)36-32)18-23-13-16-38(17-14-23)30(40)21-42-20-24-4-3-15-34-19-24/h1-8,10-11,15,19,23,37H,9,12-14,16-18,20-21H2,(H,35,36). The third kappa shape index (κ3) is 6.33. The Balaban J connectivity index is 1.13. The van der Waals surface area contributed by atoms with Crippen molar-refractivity contribution in [1.82, 2.24) is 29.6 Å². The first-order valence-corrected chi connectivity index (χ1v) is 14.3. The molecule has 0 radical (unpaired) electrons. The largest absolute Gasteiger partial charge is 0.367 e. The molecule has 0 bridgehead atoms. The number of carbonyl (C=O) groups is 1. The maximum absolute atomic E-state index is 13.7. The van der Waals surface area contributed by atoms with E-state index in [4.69, 9.17) is 4.74 Å². The Morgan fingerprint density at radius 2 is 1.81 bits per heavy atom. The number of rotatable bonds is 10. The molecular weight excluding hydrogens is 535 g/mol. The Hall–Kier alpha value is -4.57. The highest BCUT2D eigenvalue weighted by atomic mass is 19.1. The fourth-order valence-electron chi connectivity index (χ4n) is 5.56. The highest BCUT2D eigenvalue weighted by molar-refractivity contribution is 5.77. The van der Waals surface area contributed by atoms with Crippen LogP contribution < -0.4 is 5.56 Å². The fourth-order valence-corrected chi connectivity index (χ4v) is 5.56. The Bertz CT molecular complexity index is 1670. The number of H-pyrrole nitrogens is 2. The quantitative estimate of drug-likeness (QED) is 0.260. The number of imidazole rings is 1. The number of nitrogens with zero attached hydrogens (tertiary/aromatic N) is 4. The van der Waals surface area contributed by atoms with Gasteiger partial charge in [-0.15, -0.1) is 0 Å². The van der Waals surface area contributed by atoms with Crippen molar-refractivity contribution in [2.24, 2.45) is 5.92 Å². The van der Waals surface area contributed by atoms with Gasteiger partial charge in [-0.05, 0) is 79.5 Å². The van der Waals surface area contributed by atoms with Gasteiger partial charge < -0.3 is 14.6 Å². The molecular formula is C32H33FN6O3. The van der Waals surface area contributed by atoms with Crippen molar-refractivity contribution < 1.29 is 13.9 Å². The number of benzene rings is 2. The van der Waals surface area contributed by atoms with Crippen molar-refractivity contribution >= 4 is 16.9 Å². The summed E-state index contributed by atoms with van der Waals surface area (Å²) in [5, 5.41) is 3.34. The molecule has 0 spiro atoms. The van der Waals surface area contributed by atoms with E-state index in [1.807, 2.05) is 41.3 Å². The number of aryl methyl sites for hydroxylation is 1. The summed E-state index contributed by atoms with van der Waals surface area (Å²) in [6.45, 7) is 1.70. The third-order valence-electron chi connectivity index (χ3n) is 7.91. The van der Waals surface area contributed by atoms with Crippen LogP contribution in [0.15, 0.2) is 77.9 Å². The number of para-hydroxylation sites is 2. The van der Waals surface area contributed by atoms with Gasteiger partial charge in [-0.1, -0.05) is 30.3 Å². The van der Waals surface area contributed by atoms with Gasteiger partial charge in [0.1, 0.15) is 12.4 Å². The number of hydrogen-bond acceptors (Lipinski definition) is 5. The van der Waals surface area contributed by atoms with Gasteiger partial charge in [0.25, 0.3) is 5.56 Å². The number of pyridine rings is 1. The number of fused-ring (bicyclic) bond motifs is 1. The van der Waals surface area contributed by atoms with Gasteiger partial charge in [-0.3, -0.25) is 19.7 Å². The Morgan fingerprint density at radius 3 is 2.57 bits per heavy atom. The second-order valence-corrected chi connectivity index (χ2v) is 10.8. The molecule has 9 nitrogen and oxygen atoms in total. The van der Waals surface area contributed by atoms with E-state index in [0.29, 0.717) is 56.4 Å². The van der Waals surface area contributed by atoms with Gasteiger partial charge in [0, 0.05) is 36.7 Å². The van der Waals surface area contributed by atoms with Crippen molar-refractivity contribution in [3.63, 3.8) is 0 Å². The maximum atomic E-state index is 13.7. The van der Waals surface area contributed by atoms with E-state index in [0.717, 1.165) is 40.7 Å². The fraction of sp³-hybridized carbons (Fsp3) is 0.312. The molecule has 3 aromatic heterocycles. The average molecular weight is 569 g/mol. The van der Waals surface area contributed by atoms with E-state index < -0.39 is 0 Å². The normalized spacial score (nSPS) is 14.1. The summed E-state index contributed by atoms with van der Waals surface area (Å²) in [6.07, 6.45) is 6.95. The van der Waals surface area contributed by atoms with Gasteiger partial charge in [0.15, 0.2) is 0 Å². The summed E-state index contributed by atoms with van der Waals surface area (Å²) in [7, 11) is 0. The van der Waals surface area contributed by atoms with Crippen LogP contribution in [0.25, 0.3) is 17.0 Å². The van der Waals surface area contributed by atoms with E-state index in [1.165, 1.54) is 16.8 Å². The van der Waals surface area contributed by atoms with Crippen LogP contribution in [0, 0.1) is 11.7 Å². The minimum absolute atomic E-state index is 0.0122. The van der Waals surface area contributed by atoms with E-state index in [-0.39, 0.29) is 23.9 Å². The molecule has 6 rings (SSSR count). The molecule has 1 fully saturated rings. The SMILES string of the molecule is O=C(COCc1cccnc1)N1CCC(Cc2[nH]n(-c3nc4ccccc4[nH]3)c(=O)c2CCc2ccc(F)cc2)CC1. The summed E-state index contributed by atoms with van der Waals surface area (Å²) < 4.78 is 20.5. The maximum Gasteiger partial charge on any atom is 0.277 e. The molecule has 10 heteroatoms. The molecule has 0 saturated carbocycles. The van der Waals surface area contributed by atoms with Crippen molar-refractivity contribution in [3.8, 4) is 5.95 Å². The second kappa shape index (κ2) is 12.5. The molecule has 42 heavy (non-hydrogen) atoms. The molecule has 0 atom stereocenters. The summed E-state index contributed by atoms with van der Waals surface area (Å²) >= 11 is 0. The summed E-state index contributed by atoms with van der Waals surface area (Å²) in [4.78, 5) is 40.2. The van der Waals surface area contributed by atoms with E-state index in [2.05, 4.69) is 20.1 Å². The van der Waals surface area contributed by atoms with Crippen molar-refractivity contribution in [2.75, 3.05) is 19.7 Å². The van der Waals surface area contributed by atoms with Crippen LogP contribution in [0.3, 0.4) is 0 Å². The summed E-state index contributed by atoms with van der Waals surface area (Å²) in [5.74, 6) is 0.472. The third-order valence-corrected chi connectivity index (χ3v) is 7.91. The Kier molecular flexibility index (Phi) is 8.23. The first-order valence-electron chi connectivity index (χ1n) is 14.3. The zero-order valence-electron chi connectivity index (χ0n) is 23.3. The Labute approximate surface area is 242 Å². The van der Waals surface area contributed by atoms with Crippen LogP contribution in [-0.2, 0) is 35.4 Å². The topological polar surface area (TPSA) is 109 Å². The Morgan fingerprint density at radius 1 is 1.00 bits per heavy atom. The summed E-state index contributed by atoms with van der Waals surface area (Å²) in [5.41, 5.74) is 4.99. The van der Waals surface area contributed by atoms with E-state index in [1.54, 1.807) is 24.5 Å². The molecule has 2 N–H and O–H groups in total. The lowest BCUT2D eigenvalue weighted by Gasteiger charge is -2.32. The molecule has 0 unspecified atom stereocenters. The first kappa shape index (κ1) is 27.6. The minimum atomic E-state index is -0.279. The second-order valence-electron chi connectivity index (χ2n) is 10.8. The van der Waals surface area contributed by atoms with Crippen LogP contribution in [-0.4, -0.2) is 55.2 Å². The monoisotopic (exact) mass is 568 g/mol. The number of ether oxygens (including phenoxy) is 1. The number of nitrogens with one attached hydrogen (secondary N) is 2. The number of hydrogen-bond donors (Lipinski definition) is 2. The predicted molar refractivity (Wildman–Crippen MR) is 157 cm³/mol. The number of aromatic nitrogens is 5. The van der Waals surface area contributed by atoms with Gasteiger partial charge in [-0.2, -0.15) is 4.68 Å². The van der Waals surface area contributed by atoms with Gasteiger partial charge in [0.2, 0.25) is 11.9 Å². The number of carbonyl (C=O) groups excluding carboxylic acids is 1. The molecule has 2 aromatic carbocycles.